The van der Waals surface area contributed by atoms with Crippen LogP contribution < -0.4 is 0 Å². The van der Waals surface area contributed by atoms with Crippen molar-refractivity contribution in [2.45, 2.75) is 25.8 Å². The van der Waals surface area contributed by atoms with Crippen molar-refractivity contribution in [1.82, 2.24) is 9.55 Å². The molecule has 3 nitrogen and oxygen atoms in total. The van der Waals surface area contributed by atoms with Crippen LogP contribution in [0, 0.1) is 0 Å². The van der Waals surface area contributed by atoms with E-state index in [2.05, 4.69) is 9.55 Å². The number of alkyl halides is 1. The highest BCUT2D eigenvalue weighted by Crippen LogP contribution is 2.24. The number of benzene rings is 1. The first-order chi connectivity index (χ1) is 11.3. The quantitative estimate of drug-likeness (QED) is 0.453. The van der Waals surface area contributed by atoms with Crippen LogP contribution in [0.25, 0.3) is 10.9 Å². The van der Waals surface area contributed by atoms with E-state index in [1.165, 1.54) is 0 Å². The topological polar surface area (TPSA) is 34.9 Å². The van der Waals surface area contributed by atoms with Crippen LogP contribution >= 0.6 is 12.4 Å². The van der Waals surface area contributed by atoms with E-state index in [1.54, 1.807) is 24.5 Å². The Morgan fingerprint density at radius 2 is 1.92 bits per heavy atom. The van der Waals surface area contributed by atoms with Gasteiger partial charge in [-0.15, -0.1) is 12.4 Å². The van der Waals surface area contributed by atoms with Crippen molar-refractivity contribution in [3.8, 4) is 0 Å². The predicted molar refractivity (Wildman–Crippen MR) is 96.7 cm³/mol. The number of hydrogen-bond donors (Lipinski definition) is 0. The largest absolute Gasteiger partial charge is 0.347 e. The Balaban J connectivity index is 0.00000208. The number of carbonyl (C=O) groups is 1. The second kappa shape index (κ2) is 8.60. The zero-order valence-electron chi connectivity index (χ0n) is 13.3. The minimum atomic E-state index is -0.267. The van der Waals surface area contributed by atoms with Gasteiger partial charge >= 0.3 is 0 Å². The molecule has 0 bridgehead atoms. The summed E-state index contributed by atoms with van der Waals surface area (Å²) in [5.41, 5.74) is 2.33. The minimum absolute atomic E-state index is 0. The van der Waals surface area contributed by atoms with Crippen LogP contribution in [0.5, 0.6) is 0 Å². The van der Waals surface area contributed by atoms with Crippen molar-refractivity contribution in [3.05, 3.63) is 66.1 Å². The number of halogens is 2. The second-order valence-electron chi connectivity index (χ2n) is 5.57. The second-order valence-corrected chi connectivity index (χ2v) is 5.57. The van der Waals surface area contributed by atoms with Gasteiger partial charge in [-0.2, -0.15) is 0 Å². The maximum atomic E-state index is 12.7. The van der Waals surface area contributed by atoms with Crippen LogP contribution in [-0.4, -0.2) is 22.0 Å². The molecular weight excluding hydrogens is 327 g/mol. The monoisotopic (exact) mass is 346 g/mol. The van der Waals surface area contributed by atoms with E-state index >= 15 is 0 Å². The van der Waals surface area contributed by atoms with Crippen molar-refractivity contribution in [3.63, 3.8) is 0 Å². The molecule has 0 spiro atoms. The Morgan fingerprint density at radius 3 is 2.67 bits per heavy atom. The Kier molecular flexibility index (Phi) is 6.50. The summed E-state index contributed by atoms with van der Waals surface area (Å²) in [4.78, 5) is 16.8. The van der Waals surface area contributed by atoms with E-state index in [4.69, 9.17) is 0 Å². The normalized spacial score (nSPS) is 10.5. The van der Waals surface area contributed by atoms with Gasteiger partial charge in [-0.1, -0.05) is 18.2 Å². The van der Waals surface area contributed by atoms with Crippen LogP contribution in [0.1, 0.15) is 35.2 Å². The molecule has 2 heterocycles. The van der Waals surface area contributed by atoms with Gasteiger partial charge in [-0.05, 0) is 37.5 Å². The first-order valence-corrected chi connectivity index (χ1v) is 7.90. The molecule has 0 radical (unpaired) electrons. The first kappa shape index (κ1) is 18.1. The summed E-state index contributed by atoms with van der Waals surface area (Å²) in [7, 11) is 0. The van der Waals surface area contributed by atoms with Gasteiger partial charge in [0.2, 0.25) is 0 Å². The lowest BCUT2D eigenvalue weighted by atomic mass is 10.0. The lowest BCUT2D eigenvalue weighted by Crippen LogP contribution is -2.01. The summed E-state index contributed by atoms with van der Waals surface area (Å²) in [5.74, 6) is -0.0168. The zero-order valence-corrected chi connectivity index (χ0v) is 14.1. The highest BCUT2D eigenvalue weighted by atomic mass is 35.5. The third-order valence-corrected chi connectivity index (χ3v) is 3.99. The van der Waals surface area contributed by atoms with E-state index < -0.39 is 0 Å². The minimum Gasteiger partial charge on any atom is -0.347 e. The van der Waals surface area contributed by atoms with Crippen LogP contribution in [0.4, 0.5) is 4.39 Å². The molecule has 3 aromatic rings. The smallest absolute Gasteiger partial charge is 0.196 e. The SMILES string of the molecule is Cl.O=C(c1cccnc1)c1cn(CCCCCF)c2ccccc12. The number of ketones is 1. The summed E-state index contributed by atoms with van der Waals surface area (Å²) in [6, 6.07) is 11.4. The van der Waals surface area contributed by atoms with Crippen molar-refractivity contribution in [2.75, 3.05) is 6.67 Å². The van der Waals surface area contributed by atoms with Gasteiger partial charge in [0, 0.05) is 47.2 Å². The van der Waals surface area contributed by atoms with Gasteiger partial charge < -0.3 is 4.57 Å². The third kappa shape index (κ3) is 3.82. The van der Waals surface area contributed by atoms with Crippen molar-refractivity contribution < 1.29 is 9.18 Å². The van der Waals surface area contributed by atoms with Gasteiger partial charge in [0.05, 0.1) is 6.67 Å². The number of pyridine rings is 1. The number of aromatic nitrogens is 2. The highest BCUT2D eigenvalue weighted by molar-refractivity contribution is 6.16. The molecule has 3 rings (SSSR count). The molecule has 0 aliphatic heterocycles. The van der Waals surface area contributed by atoms with Gasteiger partial charge in [0.1, 0.15) is 0 Å². The lowest BCUT2D eigenvalue weighted by molar-refractivity contribution is 0.103. The molecule has 0 unspecified atom stereocenters. The van der Waals surface area contributed by atoms with E-state index in [0.29, 0.717) is 17.5 Å². The molecule has 0 atom stereocenters. The van der Waals surface area contributed by atoms with Gasteiger partial charge in [0.15, 0.2) is 5.78 Å². The first-order valence-electron chi connectivity index (χ1n) is 7.90. The summed E-state index contributed by atoms with van der Waals surface area (Å²) in [6.45, 7) is 0.526. The third-order valence-electron chi connectivity index (χ3n) is 3.99. The number of unbranched alkanes of at least 4 members (excludes halogenated alkanes) is 2. The van der Waals surface area contributed by atoms with Crippen LogP contribution in [-0.2, 0) is 6.54 Å². The molecule has 2 aromatic heterocycles. The highest BCUT2D eigenvalue weighted by Gasteiger charge is 2.16. The molecule has 0 amide bonds. The molecule has 24 heavy (non-hydrogen) atoms. The molecule has 0 fully saturated rings. The Hall–Kier alpha value is -2.20. The number of para-hydroxylation sites is 1. The maximum absolute atomic E-state index is 12.7. The lowest BCUT2D eigenvalue weighted by Gasteiger charge is -2.04. The molecule has 0 saturated carbocycles. The zero-order chi connectivity index (χ0) is 16.1. The molecule has 5 heteroatoms. The van der Waals surface area contributed by atoms with Crippen LogP contribution in [0.15, 0.2) is 55.0 Å². The molecular formula is C19H20ClFN2O. The van der Waals surface area contributed by atoms with Gasteiger partial charge in [-0.25, -0.2) is 0 Å². The van der Waals surface area contributed by atoms with E-state index in [0.717, 1.165) is 30.3 Å². The molecule has 0 saturated heterocycles. The summed E-state index contributed by atoms with van der Waals surface area (Å²) >= 11 is 0. The number of aryl methyl sites for hydroxylation is 1. The summed E-state index contributed by atoms with van der Waals surface area (Å²) in [6.07, 6.45) is 7.52. The summed E-state index contributed by atoms with van der Waals surface area (Å²) in [5, 5.41) is 0.951. The fourth-order valence-electron chi connectivity index (χ4n) is 2.82. The standard InChI is InChI=1S/C19H19FN2O.ClH/c20-10-4-1-5-12-22-14-17(16-8-2-3-9-18(16)22)19(23)15-7-6-11-21-13-15;/h2-3,6-9,11,13-14H,1,4-5,10,12H2;1H. The fraction of sp³-hybridized carbons (Fsp3) is 0.263. The van der Waals surface area contributed by atoms with E-state index in [1.807, 2.05) is 30.5 Å². The molecule has 0 aliphatic carbocycles. The molecule has 126 valence electrons. The number of carbonyl (C=O) groups excluding carboxylic acids is 1. The molecule has 0 N–H and O–H groups in total. The summed E-state index contributed by atoms with van der Waals surface area (Å²) < 4.78 is 14.3. The number of hydrogen-bond acceptors (Lipinski definition) is 2. The van der Waals surface area contributed by atoms with Gasteiger partial charge in [0.25, 0.3) is 0 Å². The Bertz CT molecular complexity index is 801. The van der Waals surface area contributed by atoms with E-state index in [-0.39, 0.29) is 24.9 Å². The number of nitrogens with zero attached hydrogens (tertiary/aromatic N) is 2. The maximum Gasteiger partial charge on any atom is 0.196 e. The average molecular weight is 347 g/mol. The van der Waals surface area contributed by atoms with Crippen molar-refractivity contribution >= 4 is 29.1 Å². The Morgan fingerprint density at radius 1 is 1.08 bits per heavy atom. The average Bonchev–Trinajstić information content (AvgIpc) is 2.98. The van der Waals surface area contributed by atoms with Crippen LogP contribution in [0.3, 0.4) is 0 Å². The molecule has 1 aromatic carbocycles. The number of rotatable bonds is 7. The molecule has 0 aliphatic rings. The fourth-order valence-corrected chi connectivity index (χ4v) is 2.82. The van der Waals surface area contributed by atoms with Gasteiger partial charge in [-0.3, -0.25) is 14.2 Å². The Labute approximate surface area is 146 Å². The van der Waals surface area contributed by atoms with Crippen molar-refractivity contribution in [2.24, 2.45) is 0 Å². The van der Waals surface area contributed by atoms with Crippen LogP contribution in [0.2, 0.25) is 0 Å². The van der Waals surface area contributed by atoms with E-state index in [9.17, 15) is 9.18 Å². The predicted octanol–water partition coefficient (Wildman–Crippen LogP) is 4.83. The number of fused-ring (bicyclic) bond motifs is 1. The van der Waals surface area contributed by atoms with Crippen molar-refractivity contribution in [1.29, 1.82) is 0 Å².